The number of carbonyl (C=O) groups is 1. The molecule has 0 radical (unpaired) electrons. The van der Waals surface area contributed by atoms with Gasteiger partial charge < -0.3 is 25.8 Å². The van der Waals surface area contributed by atoms with Gasteiger partial charge in [0.25, 0.3) is 5.24 Å². The fraction of sp³-hybridized carbons (Fsp3) is 0.273. The summed E-state index contributed by atoms with van der Waals surface area (Å²) in [5, 5.41) is 5.62. The fourth-order valence-corrected chi connectivity index (χ4v) is 3.71. The zero-order valence-corrected chi connectivity index (χ0v) is 18.8. The second kappa shape index (κ2) is 10.6. The Morgan fingerprint density at radius 3 is 2.64 bits per heavy atom. The van der Waals surface area contributed by atoms with E-state index in [1.807, 2.05) is 6.92 Å². The first kappa shape index (κ1) is 24.5. The average Bonchev–Trinajstić information content (AvgIpc) is 3.11. The number of hydrogen-bond donors (Lipinski definition) is 3. The second-order valence-corrected chi connectivity index (χ2v) is 7.89. The highest BCUT2D eigenvalue weighted by Gasteiger charge is 2.35. The number of nitrogens with two attached hydrogens (primary N) is 1. The number of thioether (sulfide) groups is 1. The molecule has 11 heteroatoms. The molecule has 0 spiro atoms. The van der Waals surface area contributed by atoms with Gasteiger partial charge in [0, 0.05) is 12.2 Å². The molecular formula is C22H23F3N4O3S. The average molecular weight is 481 g/mol. The van der Waals surface area contributed by atoms with Crippen molar-refractivity contribution in [2.45, 2.75) is 13.1 Å². The van der Waals surface area contributed by atoms with Crippen LogP contribution in [-0.2, 0) is 6.18 Å². The number of nitrogens with one attached hydrogen (secondary N) is 2. The molecule has 7 nitrogen and oxygen atoms in total. The number of ether oxygens (including phenoxy) is 2. The number of amides is 1. The highest BCUT2D eigenvalue weighted by atomic mass is 32.2. The van der Waals surface area contributed by atoms with Crippen LogP contribution in [0.25, 0.3) is 6.08 Å². The van der Waals surface area contributed by atoms with Crippen LogP contribution in [0.5, 0.6) is 17.2 Å². The van der Waals surface area contributed by atoms with Gasteiger partial charge in [-0.1, -0.05) is 13.0 Å². The molecule has 4 N–H and O–H groups in total. The number of carbonyl (C=O) groups excluding carboxylic acids is 1. The molecule has 2 aromatic carbocycles. The normalized spacial score (nSPS) is 16.3. The molecule has 1 aliphatic rings. The second-order valence-electron chi connectivity index (χ2n) is 6.87. The van der Waals surface area contributed by atoms with Crippen LogP contribution in [0, 0.1) is 0 Å². The maximum Gasteiger partial charge on any atom is 0.420 e. The van der Waals surface area contributed by atoms with Crippen molar-refractivity contribution in [3.63, 3.8) is 0 Å². The molecule has 1 heterocycles. The fourth-order valence-electron chi connectivity index (χ4n) is 2.96. The van der Waals surface area contributed by atoms with Crippen LogP contribution >= 0.6 is 11.8 Å². The summed E-state index contributed by atoms with van der Waals surface area (Å²) in [5.41, 5.74) is 5.16. The summed E-state index contributed by atoms with van der Waals surface area (Å²) in [7, 11) is 1.38. The van der Waals surface area contributed by atoms with Crippen molar-refractivity contribution in [2.24, 2.45) is 4.99 Å². The van der Waals surface area contributed by atoms with Crippen molar-refractivity contribution in [3.8, 4) is 17.2 Å². The molecular weight excluding hydrogens is 457 g/mol. The molecule has 0 saturated carbocycles. The van der Waals surface area contributed by atoms with E-state index in [-0.39, 0.29) is 22.4 Å². The molecule has 0 aromatic heterocycles. The first-order valence-electron chi connectivity index (χ1n) is 10.00. The first-order chi connectivity index (χ1) is 15.7. The van der Waals surface area contributed by atoms with Crippen LogP contribution < -0.4 is 25.8 Å². The molecule has 1 aliphatic heterocycles. The molecule has 3 rings (SSSR count). The number of amidine groups is 1. The quantitative estimate of drug-likeness (QED) is 0.368. The highest BCUT2D eigenvalue weighted by Crippen LogP contribution is 2.41. The smallest absolute Gasteiger partial charge is 0.420 e. The number of methoxy groups -OCH3 is 1. The molecule has 1 amide bonds. The van der Waals surface area contributed by atoms with Gasteiger partial charge in [0.2, 0.25) is 0 Å². The minimum absolute atomic E-state index is 0.0243. The Morgan fingerprint density at radius 1 is 1.18 bits per heavy atom. The summed E-state index contributed by atoms with van der Waals surface area (Å²) in [6.45, 7) is 3.99. The summed E-state index contributed by atoms with van der Waals surface area (Å²) < 4.78 is 51.0. The molecule has 0 bridgehead atoms. The van der Waals surface area contributed by atoms with Crippen LogP contribution in [-0.4, -0.2) is 37.8 Å². The Bertz CT molecular complexity index is 1090. The van der Waals surface area contributed by atoms with E-state index in [9.17, 15) is 18.0 Å². The van der Waals surface area contributed by atoms with E-state index in [0.29, 0.717) is 29.4 Å². The van der Waals surface area contributed by atoms with Gasteiger partial charge in [-0.15, -0.1) is 0 Å². The number of benzene rings is 2. The van der Waals surface area contributed by atoms with E-state index < -0.39 is 17.5 Å². The zero-order valence-electron chi connectivity index (χ0n) is 18.0. The van der Waals surface area contributed by atoms with Crippen molar-refractivity contribution in [3.05, 3.63) is 52.4 Å². The zero-order chi connectivity index (χ0) is 24.0. The molecule has 33 heavy (non-hydrogen) atoms. The third-order valence-electron chi connectivity index (χ3n) is 4.48. The lowest BCUT2D eigenvalue weighted by Gasteiger charge is -2.16. The lowest BCUT2D eigenvalue weighted by atomic mass is 10.1. The molecule has 2 aromatic rings. The number of nitrogen functional groups attached to an aromatic ring is 1. The van der Waals surface area contributed by atoms with E-state index in [2.05, 4.69) is 15.6 Å². The number of rotatable bonds is 8. The highest BCUT2D eigenvalue weighted by molar-refractivity contribution is 8.18. The van der Waals surface area contributed by atoms with Crippen LogP contribution in [0.3, 0.4) is 0 Å². The summed E-state index contributed by atoms with van der Waals surface area (Å²) >= 11 is 1.01. The number of alkyl halides is 3. The Morgan fingerprint density at radius 2 is 1.94 bits per heavy atom. The van der Waals surface area contributed by atoms with E-state index in [4.69, 9.17) is 15.2 Å². The Labute approximate surface area is 193 Å². The van der Waals surface area contributed by atoms with Crippen molar-refractivity contribution in [2.75, 3.05) is 32.5 Å². The standard InChI is InChI=1S/C22H23F3N4O3S/c1-3-27-8-9-28-20-19(33-21(30)29-20)11-13-4-6-17(18(10-13)31-2)32-16-7-5-14(26)12-15(16)22(23,24)25/h4-7,10-12,27H,3,8-9,26H2,1-2H3,(H,28,29,30)/b19-11-. The van der Waals surface area contributed by atoms with Gasteiger partial charge in [-0.25, -0.2) is 0 Å². The summed E-state index contributed by atoms with van der Waals surface area (Å²) in [6, 6.07) is 8.06. The molecule has 1 saturated heterocycles. The van der Waals surface area contributed by atoms with Gasteiger partial charge in [0.05, 0.1) is 18.6 Å². The number of likely N-dealkylation sites (N-methyl/N-ethyl adjacent to an activating group) is 1. The number of halogens is 3. The third kappa shape index (κ3) is 6.42. The molecule has 0 atom stereocenters. The van der Waals surface area contributed by atoms with Gasteiger partial charge in [-0.3, -0.25) is 9.79 Å². The first-order valence-corrected chi connectivity index (χ1v) is 10.8. The topological polar surface area (TPSA) is 98.0 Å². The van der Waals surface area contributed by atoms with Crippen molar-refractivity contribution in [1.82, 2.24) is 10.6 Å². The van der Waals surface area contributed by atoms with E-state index in [1.54, 1.807) is 18.2 Å². The van der Waals surface area contributed by atoms with Crippen molar-refractivity contribution < 1.29 is 27.4 Å². The number of anilines is 1. The molecule has 1 fully saturated rings. The summed E-state index contributed by atoms with van der Waals surface area (Å²) in [4.78, 5) is 16.9. The van der Waals surface area contributed by atoms with Crippen molar-refractivity contribution >= 4 is 34.6 Å². The summed E-state index contributed by atoms with van der Waals surface area (Å²) in [5.74, 6) is 0.404. The maximum absolute atomic E-state index is 13.4. The number of nitrogens with zero attached hydrogens (tertiary/aromatic N) is 1. The van der Waals surface area contributed by atoms with E-state index >= 15 is 0 Å². The van der Waals surface area contributed by atoms with Gasteiger partial charge in [0.1, 0.15) is 17.1 Å². The Hall–Kier alpha value is -3.18. The number of aliphatic imine (C=N–C) groups is 1. The van der Waals surface area contributed by atoms with Crippen LogP contribution in [0.15, 0.2) is 46.3 Å². The van der Waals surface area contributed by atoms with Crippen molar-refractivity contribution in [1.29, 1.82) is 0 Å². The predicted octanol–water partition coefficient (Wildman–Crippen LogP) is 4.89. The van der Waals surface area contributed by atoms with Crippen LogP contribution in [0.2, 0.25) is 0 Å². The Balaban J connectivity index is 1.87. The van der Waals surface area contributed by atoms with E-state index in [0.717, 1.165) is 30.4 Å². The minimum atomic E-state index is -4.63. The third-order valence-corrected chi connectivity index (χ3v) is 5.30. The van der Waals surface area contributed by atoms with E-state index in [1.165, 1.54) is 19.2 Å². The molecule has 0 unspecified atom stereocenters. The van der Waals surface area contributed by atoms with Gasteiger partial charge in [0.15, 0.2) is 11.5 Å². The minimum Gasteiger partial charge on any atom is -0.493 e. The Kier molecular flexibility index (Phi) is 7.88. The largest absolute Gasteiger partial charge is 0.493 e. The lowest BCUT2D eigenvalue weighted by molar-refractivity contribution is -0.138. The lowest BCUT2D eigenvalue weighted by Crippen LogP contribution is -2.22. The van der Waals surface area contributed by atoms with Gasteiger partial charge >= 0.3 is 6.18 Å². The molecule has 176 valence electrons. The number of hydrogen-bond acceptors (Lipinski definition) is 7. The van der Waals surface area contributed by atoms with Gasteiger partial charge in [-0.2, -0.15) is 13.2 Å². The molecule has 0 aliphatic carbocycles. The SMILES string of the molecule is CCNCCN=C1NC(=O)S/C1=C\c1ccc(Oc2ccc(N)cc2C(F)(F)F)c(OC)c1. The maximum atomic E-state index is 13.4. The summed E-state index contributed by atoms with van der Waals surface area (Å²) in [6.07, 6.45) is -2.89. The van der Waals surface area contributed by atoms with Crippen LogP contribution in [0.1, 0.15) is 18.1 Å². The van der Waals surface area contributed by atoms with Gasteiger partial charge in [-0.05, 0) is 60.3 Å². The van der Waals surface area contributed by atoms with Crippen LogP contribution in [0.4, 0.5) is 23.7 Å². The predicted molar refractivity (Wildman–Crippen MR) is 124 cm³/mol. The monoisotopic (exact) mass is 480 g/mol.